The van der Waals surface area contributed by atoms with Gasteiger partial charge in [-0.15, -0.1) is 0 Å². The maximum absolute atomic E-state index is 14.1. The molecule has 4 rings (SSSR count). The highest BCUT2D eigenvalue weighted by atomic mass is 35.5. The van der Waals surface area contributed by atoms with Crippen molar-refractivity contribution >= 4 is 23.1 Å². The van der Waals surface area contributed by atoms with E-state index in [1.54, 1.807) is 24.3 Å². The van der Waals surface area contributed by atoms with Gasteiger partial charge in [0.25, 0.3) is 0 Å². The van der Waals surface area contributed by atoms with Gasteiger partial charge in [-0.05, 0) is 49.4 Å². The average Bonchev–Trinajstić information content (AvgIpc) is 3.05. The minimum atomic E-state index is -0.462. The molecule has 0 atom stereocenters. The number of rotatable bonds is 4. The first-order chi connectivity index (χ1) is 13.1. The summed E-state index contributed by atoms with van der Waals surface area (Å²) in [7, 11) is 0. The molecule has 0 bridgehead atoms. The van der Waals surface area contributed by atoms with Crippen molar-refractivity contribution in [2.45, 2.75) is 20.0 Å². The van der Waals surface area contributed by atoms with Crippen LogP contribution < -0.4 is 10.2 Å². The Morgan fingerprint density at radius 2 is 1.96 bits per heavy atom. The maximum Gasteiger partial charge on any atom is 0.143 e. The molecule has 0 unspecified atom stereocenters. The lowest BCUT2D eigenvalue weighted by atomic mass is 10.1. The van der Waals surface area contributed by atoms with Crippen LogP contribution in [0.2, 0.25) is 5.02 Å². The zero-order valence-corrected chi connectivity index (χ0v) is 15.6. The first kappa shape index (κ1) is 17.9. The lowest BCUT2D eigenvalue weighted by molar-refractivity contribution is 0.505. The SMILES string of the molecule is CCN(c1ccc(Cl)c(F)c1)c1c(-c2ccc(F)cc2)nc2n1CCNC2. The number of fused-ring (bicyclic) bond motifs is 1. The van der Waals surface area contributed by atoms with Gasteiger partial charge >= 0.3 is 0 Å². The normalized spacial score (nSPS) is 13.5. The molecule has 2 aromatic carbocycles. The van der Waals surface area contributed by atoms with Gasteiger partial charge in [0, 0.05) is 30.9 Å². The van der Waals surface area contributed by atoms with Crippen molar-refractivity contribution in [2.75, 3.05) is 18.0 Å². The van der Waals surface area contributed by atoms with Crippen LogP contribution in [0.3, 0.4) is 0 Å². The van der Waals surface area contributed by atoms with Gasteiger partial charge in [-0.2, -0.15) is 0 Å². The molecule has 140 valence electrons. The third kappa shape index (κ3) is 3.31. The summed E-state index contributed by atoms with van der Waals surface area (Å²) < 4.78 is 29.6. The lowest BCUT2D eigenvalue weighted by Gasteiger charge is -2.27. The van der Waals surface area contributed by atoms with Crippen LogP contribution in [0.1, 0.15) is 12.7 Å². The quantitative estimate of drug-likeness (QED) is 0.700. The maximum atomic E-state index is 14.1. The fourth-order valence-electron chi connectivity index (χ4n) is 3.43. The van der Waals surface area contributed by atoms with E-state index in [-0.39, 0.29) is 10.8 Å². The Bertz CT molecular complexity index is 969. The largest absolute Gasteiger partial charge is 0.326 e. The number of anilines is 2. The average molecular weight is 389 g/mol. The third-order valence-electron chi connectivity index (χ3n) is 4.72. The minimum Gasteiger partial charge on any atom is -0.326 e. The molecule has 0 radical (unpaired) electrons. The van der Waals surface area contributed by atoms with Gasteiger partial charge in [0.1, 0.15) is 29.0 Å². The Labute approximate surface area is 161 Å². The zero-order chi connectivity index (χ0) is 19.0. The molecule has 0 saturated heterocycles. The number of halogens is 3. The van der Waals surface area contributed by atoms with E-state index in [1.807, 2.05) is 11.8 Å². The van der Waals surface area contributed by atoms with Crippen molar-refractivity contribution in [2.24, 2.45) is 0 Å². The summed E-state index contributed by atoms with van der Waals surface area (Å²) in [6.07, 6.45) is 0. The molecule has 3 aromatic rings. The predicted octanol–water partition coefficient (Wildman–Crippen LogP) is 4.74. The number of imidazole rings is 1. The van der Waals surface area contributed by atoms with Gasteiger partial charge in [0.2, 0.25) is 0 Å². The number of aromatic nitrogens is 2. The van der Waals surface area contributed by atoms with Gasteiger partial charge in [-0.25, -0.2) is 13.8 Å². The number of benzene rings is 2. The summed E-state index contributed by atoms with van der Waals surface area (Å²) in [5, 5.41) is 3.41. The van der Waals surface area contributed by atoms with E-state index in [9.17, 15) is 8.78 Å². The highest BCUT2D eigenvalue weighted by Crippen LogP contribution is 2.37. The summed E-state index contributed by atoms with van der Waals surface area (Å²) in [5.41, 5.74) is 2.27. The standard InChI is InChI=1S/C20H19ClF2N4/c1-2-26(15-7-8-16(21)17(23)11-15)20-19(13-3-5-14(22)6-4-13)25-18-12-24-9-10-27(18)20/h3-8,11,24H,2,9-10,12H2,1H3. The summed E-state index contributed by atoms with van der Waals surface area (Å²) >= 11 is 5.86. The molecule has 1 aliphatic heterocycles. The number of nitrogens with one attached hydrogen (secondary N) is 1. The third-order valence-corrected chi connectivity index (χ3v) is 5.03. The van der Waals surface area contributed by atoms with Gasteiger partial charge in [0.05, 0.1) is 11.6 Å². The van der Waals surface area contributed by atoms with Crippen LogP contribution in [0.4, 0.5) is 20.3 Å². The molecule has 27 heavy (non-hydrogen) atoms. The Morgan fingerprint density at radius 1 is 1.19 bits per heavy atom. The van der Waals surface area contributed by atoms with E-state index in [2.05, 4.69) is 9.88 Å². The second kappa shape index (κ2) is 7.29. The second-order valence-electron chi connectivity index (χ2n) is 6.38. The van der Waals surface area contributed by atoms with Crippen molar-refractivity contribution in [1.82, 2.24) is 14.9 Å². The van der Waals surface area contributed by atoms with Crippen LogP contribution in [0, 0.1) is 11.6 Å². The molecular formula is C20H19ClF2N4. The number of nitrogens with zero attached hydrogens (tertiary/aromatic N) is 3. The van der Waals surface area contributed by atoms with E-state index in [0.29, 0.717) is 18.8 Å². The first-order valence-corrected chi connectivity index (χ1v) is 9.25. The summed E-state index contributed by atoms with van der Waals surface area (Å²) in [6, 6.07) is 11.1. The van der Waals surface area contributed by atoms with E-state index in [4.69, 9.17) is 16.6 Å². The highest BCUT2D eigenvalue weighted by molar-refractivity contribution is 6.30. The summed E-state index contributed by atoms with van der Waals surface area (Å²) in [4.78, 5) is 6.82. The molecule has 2 heterocycles. The van der Waals surface area contributed by atoms with Crippen molar-refractivity contribution in [3.8, 4) is 11.3 Å². The molecule has 7 heteroatoms. The smallest absolute Gasteiger partial charge is 0.143 e. The molecule has 0 fully saturated rings. The Hall–Kier alpha value is -2.44. The molecule has 0 amide bonds. The molecule has 1 N–H and O–H groups in total. The van der Waals surface area contributed by atoms with Crippen LogP contribution in [-0.4, -0.2) is 22.6 Å². The predicted molar refractivity (Wildman–Crippen MR) is 103 cm³/mol. The van der Waals surface area contributed by atoms with Crippen molar-refractivity contribution in [1.29, 1.82) is 0 Å². The number of hydrogen-bond donors (Lipinski definition) is 1. The summed E-state index contributed by atoms with van der Waals surface area (Å²) in [6.45, 7) is 4.85. The van der Waals surface area contributed by atoms with Gasteiger partial charge in [0.15, 0.2) is 0 Å². The number of hydrogen-bond acceptors (Lipinski definition) is 3. The Morgan fingerprint density at radius 3 is 2.67 bits per heavy atom. The van der Waals surface area contributed by atoms with Crippen LogP contribution >= 0.6 is 11.6 Å². The molecule has 1 aliphatic rings. The summed E-state index contributed by atoms with van der Waals surface area (Å²) in [5.74, 6) is 1.03. The van der Waals surface area contributed by atoms with E-state index in [1.165, 1.54) is 18.2 Å². The molecule has 4 nitrogen and oxygen atoms in total. The first-order valence-electron chi connectivity index (χ1n) is 8.87. The van der Waals surface area contributed by atoms with Crippen molar-refractivity contribution < 1.29 is 8.78 Å². The van der Waals surface area contributed by atoms with Crippen molar-refractivity contribution in [3.05, 3.63) is 64.9 Å². The lowest BCUT2D eigenvalue weighted by Crippen LogP contribution is -2.30. The molecular weight excluding hydrogens is 370 g/mol. The molecule has 0 saturated carbocycles. The van der Waals surface area contributed by atoms with Crippen LogP contribution in [0.15, 0.2) is 42.5 Å². The van der Waals surface area contributed by atoms with Gasteiger partial charge < -0.3 is 14.8 Å². The van der Waals surface area contributed by atoms with E-state index >= 15 is 0 Å². The highest BCUT2D eigenvalue weighted by Gasteiger charge is 2.25. The topological polar surface area (TPSA) is 33.1 Å². The Kier molecular flexibility index (Phi) is 4.85. The molecule has 0 spiro atoms. The zero-order valence-electron chi connectivity index (χ0n) is 14.8. The Balaban J connectivity index is 1.89. The molecule has 1 aromatic heterocycles. The van der Waals surface area contributed by atoms with E-state index < -0.39 is 5.82 Å². The van der Waals surface area contributed by atoms with Gasteiger partial charge in [-0.1, -0.05) is 11.6 Å². The van der Waals surface area contributed by atoms with Gasteiger partial charge in [-0.3, -0.25) is 0 Å². The van der Waals surface area contributed by atoms with Crippen LogP contribution in [0.5, 0.6) is 0 Å². The van der Waals surface area contributed by atoms with Crippen LogP contribution in [0.25, 0.3) is 11.3 Å². The monoisotopic (exact) mass is 388 g/mol. The van der Waals surface area contributed by atoms with Crippen LogP contribution in [-0.2, 0) is 13.1 Å². The fraction of sp³-hybridized carbons (Fsp3) is 0.250. The van der Waals surface area contributed by atoms with E-state index in [0.717, 1.165) is 36.0 Å². The molecule has 0 aliphatic carbocycles. The van der Waals surface area contributed by atoms with Crippen molar-refractivity contribution in [3.63, 3.8) is 0 Å². The fourth-order valence-corrected chi connectivity index (χ4v) is 3.55. The second-order valence-corrected chi connectivity index (χ2v) is 6.79. The minimum absolute atomic E-state index is 0.0908.